The SMILES string of the molecule is CC(C)Cc1cnc(N2CCC(CO)CC2)nc1. The maximum atomic E-state index is 9.12. The van der Waals surface area contributed by atoms with E-state index in [1.54, 1.807) is 0 Å². The molecule has 0 radical (unpaired) electrons. The fourth-order valence-electron chi connectivity index (χ4n) is 2.40. The minimum absolute atomic E-state index is 0.308. The Balaban J connectivity index is 1.93. The fraction of sp³-hybridized carbons (Fsp3) is 0.714. The number of aromatic nitrogens is 2. The molecular formula is C14H23N3O. The van der Waals surface area contributed by atoms with Gasteiger partial charge in [-0.05, 0) is 36.7 Å². The van der Waals surface area contributed by atoms with Crippen LogP contribution in [-0.2, 0) is 6.42 Å². The minimum atomic E-state index is 0.308. The van der Waals surface area contributed by atoms with E-state index in [1.807, 2.05) is 12.4 Å². The predicted octanol–water partition coefficient (Wildman–Crippen LogP) is 1.88. The van der Waals surface area contributed by atoms with Crippen LogP contribution >= 0.6 is 0 Å². The van der Waals surface area contributed by atoms with Crippen LogP contribution in [0, 0.1) is 11.8 Å². The van der Waals surface area contributed by atoms with Crippen molar-refractivity contribution in [2.75, 3.05) is 24.6 Å². The van der Waals surface area contributed by atoms with Gasteiger partial charge in [-0.25, -0.2) is 9.97 Å². The van der Waals surface area contributed by atoms with E-state index >= 15 is 0 Å². The van der Waals surface area contributed by atoms with E-state index in [9.17, 15) is 0 Å². The topological polar surface area (TPSA) is 49.2 Å². The zero-order valence-corrected chi connectivity index (χ0v) is 11.3. The zero-order chi connectivity index (χ0) is 13.0. The molecule has 4 nitrogen and oxygen atoms in total. The minimum Gasteiger partial charge on any atom is -0.396 e. The largest absolute Gasteiger partial charge is 0.396 e. The number of aliphatic hydroxyl groups is 1. The maximum absolute atomic E-state index is 9.12. The molecule has 1 aliphatic rings. The first-order valence-corrected chi connectivity index (χ1v) is 6.85. The van der Waals surface area contributed by atoms with Crippen molar-refractivity contribution in [3.05, 3.63) is 18.0 Å². The van der Waals surface area contributed by atoms with Gasteiger partial charge in [-0.2, -0.15) is 0 Å². The summed E-state index contributed by atoms with van der Waals surface area (Å²) in [6, 6.07) is 0. The summed E-state index contributed by atoms with van der Waals surface area (Å²) in [5, 5.41) is 9.12. The predicted molar refractivity (Wildman–Crippen MR) is 72.6 cm³/mol. The van der Waals surface area contributed by atoms with E-state index in [0.717, 1.165) is 38.3 Å². The highest BCUT2D eigenvalue weighted by molar-refractivity contribution is 5.30. The smallest absolute Gasteiger partial charge is 0.225 e. The average Bonchev–Trinajstić information content (AvgIpc) is 2.39. The Bertz CT molecular complexity index is 356. The van der Waals surface area contributed by atoms with E-state index in [-0.39, 0.29) is 0 Å². The van der Waals surface area contributed by atoms with Crippen molar-refractivity contribution in [2.45, 2.75) is 33.1 Å². The van der Waals surface area contributed by atoms with Gasteiger partial charge in [0.1, 0.15) is 0 Å². The average molecular weight is 249 g/mol. The third kappa shape index (κ3) is 3.42. The number of hydrogen-bond acceptors (Lipinski definition) is 4. The summed E-state index contributed by atoms with van der Waals surface area (Å²) >= 11 is 0. The molecule has 18 heavy (non-hydrogen) atoms. The monoisotopic (exact) mass is 249 g/mol. The molecular weight excluding hydrogens is 226 g/mol. The molecule has 4 heteroatoms. The van der Waals surface area contributed by atoms with Crippen molar-refractivity contribution in [1.29, 1.82) is 0 Å². The van der Waals surface area contributed by atoms with Gasteiger partial charge in [0, 0.05) is 32.1 Å². The molecule has 0 amide bonds. The summed E-state index contributed by atoms with van der Waals surface area (Å²) in [7, 11) is 0. The van der Waals surface area contributed by atoms with Gasteiger partial charge in [0.2, 0.25) is 5.95 Å². The summed E-state index contributed by atoms with van der Waals surface area (Å²) < 4.78 is 0. The van der Waals surface area contributed by atoms with Crippen LogP contribution in [0.15, 0.2) is 12.4 Å². The molecule has 100 valence electrons. The van der Waals surface area contributed by atoms with Gasteiger partial charge in [0.15, 0.2) is 0 Å². The number of hydrogen-bond donors (Lipinski definition) is 1. The van der Waals surface area contributed by atoms with Crippen LogP contribution in [0.4, 0.5) is 5.95 Å². The molecule has 0 spiro atoms. The van der Waals surface area contributed by atoms with Gasteiger partial charge in [-0.3, -0.25) is 0 Å². The summed E-state index contributed by atoms with van der Waals surface area (Å²) in [5.74, 6) is 1.93. The lowest BCUT2D eigenvalue weighted by atomic mass is 9.98. The van der Waals surface area contributed by atoms with Crippen molar-refractivity contribution in [2.24, 2.45) is 11.8 Å². The Morgan fingerprint density at radius 2 is 1.89 bits per heavy atom. The molecule has 0 bridgehead atoms. The van der Waals surface area contributed by atoms with Gasteiger partial charge >= 0.3 is 0 Å². The zero-order valence-electron chi connectivity index (χ0n) is 11.3. The van der Waals surface area contributed by atoms with E-state index in [0.29, 0.717) is 18.4 Å². The third-order valence-electron chi connectivity index (χ3n) is 3.49. The third-order valence-corrected chi connectivity index (χ3v) is 3.49. The van der Waals surface area contributed by atoms with E-state index in [2.05, 4.69) is 28.7 Å². The Morgan fingerprint density at radius 3 is 2.39 bits per heavy atom. The van der Waals surface area contributed by atoms with Crippen LogP contribution in [0.1, 0.15) is 32.3 Å². The highest BCUT2D eigenvalue weighted by Crippen LogP contribution is 2.20. The van der Waals surface area contributed by atoms with Crippen molar-refractivity contribution in [3.63, 3.8) is 0 Å². The first-order chi connectivity index (χ1) is 8.69. The van der Waals surface area contributed by atoms with Crippen LogP contribution in [-0.4, -0.2) is 34.8 Å². The normalized spacial score (nSPS) is 17.4. The molecule has 2 rings (SSSR count). The second-order valence-electron chi connectivity index (χ2n) is 5.60. The Morgan fingerprint density at radius 1 is 1.28 bits per heavy atom. The molecule has 0 aromatic carbocycles. The Labute approximate surface area is 109 Å². The first-order valence-electron chi connectivity index (χ1n) is 6.85. The number of rotatable bonds is 4. The van der Waals surface area contributed by atoms with Gasteiger partial charge in [0.05, 0.1) is 0 Å². The van der Waals surface area contributed by atoms with Crippen molar-refractivity contribution < 1.29 is 5.11 Å². The summed E-state index contributed by atoms with van der Waals surface area (Å²) in [4.78, 5) is 11.1. The standard InChI is InChI=1S/C14H23N3O/c1-11(2)7-13-8-15-14(16-9-13)17-5-3-12(10-18)4-6-17/h8-9,11-12,18H,3-7,10H2,1-2H3. The highest BCUT2D eigenvalue weighted by Gasteiger charge is 2.20. The fourth-order valence-corrected chi connectivity index (χ4v) is 2.40. The van der Waals surface area contributed by atoms with Crippen LogP contribution in [0.5, 0.6) is 0 Å². The number of piperidine rings is 1. The first kappa shape index (κ1) is 13.3. The highest BCUT2D eigenvalue weighted by atomic mass is 16.3. The maximum Gasteiger partial charge on any atom is 0.225 e. The molecule has 1 aromatic heterocycles. The molecule has 2 heterocycles. The Hall–Kier alpha value is -1.16. The second kappa shape index (κ2) is 6.14. The number of nitrogens with zero attached hydrogens (tertiary/aromatic N) is 3. The van der Waals surface area contributed by atoms with Gasteiger partial charge in [-0.15, -0.1) is 0 Å². The number of aliphatic hydroxyl groups excluding tert-OH is 1. The molecule has 1 aliphatic heterocycles. The lowest BCUT2D eigenvalue weighted by molar-refractivity contribution is 0.202. The van der Waals surface area contributed by atoms with E-state index in [4.69, 9.17) is 5.11 Å². The molecule has 0 aliphatic carbocycles. The van der Waals surface area contributed by atoms with Gasteiger partial charge < -0.3 is 10.0 Å². The van der Waals surface area contributed by atoms with Gasteiger partial charge in [-0.1, -0.05) is 13.8 Å². The molecule has 0 unspecified atom stereocenters. The van der Waals surface area contributed by atoms with Crippen LogP contribution in [0.25, 0.3) is 0 Å². The summed E-state index contributed by atoms with van der Waals surface area (Å²) in [6.07, 6.45) is 7.00. The van der Waals surface area contributed by atoms with Crippen LogP contribution in [0.3, 0.4) is 0 Å². The Kier molecular flexibility index (Phi) is 4.53. The van der Waals surface area contributed by atoms with Gasteiger partial charge in [0.25, 0.3) is 0 Å². The lowest BCUT2D eigenvalue weighted by Gasteiger charge is -2.31. The van der Waals surface area contributed by atoms with E-state index in [1.165, 1.54) is 5.56 Å². The molecule has 0 atom stereocenters. The molecule has 1 N–H and O–H groups in total. The lowest BCUT2D eigenvalue weighted by Crippen LogP contribution is -2.35. The quantitative estimate of drug-likeness (QED) is 0.885. The van der Waals surface area contributed by atoms with Crippen LogP contribution in [0.2, 0.25) is 0 Å². The molecule has 1 saturated heterocycles. The van der Waals surface area contributed by atoms with Crippen LogP contribution < -0.4 is 4.90 Å². The summed E-state index contributed by atoms with van der Waals surface area (Å²) in [6.45, 7) is 6.62. The second-order valence-corrected chi connectivity index (χ2v) is 5.60. The molecule has 1 aromatic rings. The number of anilines is 1. The summed E-state index contributed by atoms with van der Waals surface area (Å²) in [5.41, 5.74) is 1.21. The van der Waals surface area contributed by atoms with Crippen molar-refractivity contribution in [1.82, 2.24) is 9.97 Å². The van der Waals surface area contributed by atoms with Crippen molar-refractivity contribution >= 4 is 5.95 Å². The van der Waals surface area contributed by atoms with Crippen molar-refractivity contribution in [3.8, 4) is 0 Å². The van der Waals surface area contributed by atoms with E-state index < -0.39 is 0 Å². The molecule has 1 fully saturated rings. The molecule has 0 saturated carbocycles.